The maximum atomic E-state index is 12.5. The second kappa shape index (κ2) is 8.38. The van der Waals surface area contributed by atoms with Crippen molar-refractivity contribution < 1.29 is 14.3 Å². The number of amides is 1. The van der Waals surface area contributed by atoms with Crippen molar-refractivity contribution in [1.82, 2.24) is 9.80 Å². The van der Waals surface area contributed by atoms with Gasteiger partial charge in [0.05, 0.1) is 14.2 Å². The molecule has 2 atom stereocenters. The molecule has 1 fully saturated rings. The van der Waals surface area contributed by atoms with Gasteiger partial charge in [-0.25, -0.2) is 0 Å². The van der Waals surface area contributed by atoms with Crippen LogP contribution in [0, 0.1) is 0 Å². The van der Waals surface area contributed by atoms with E-state index in [-0.39, 0.29) is 5.91 Å². The molecule has 0 bridgehead atoms. The Morgan fingerprint density at radius 3 is 2.62 bits per heavy atom. The van der Waals surface area contributed by atoms with Gasteiger partial charge in [-0.3, -0.25) is 4.79 Å². The molecule has 1 aromatic carbocycles. The Morgan fingerprint density at radius 2 is 2.00 bits per heavy atom. The van der Waals surface area contributed by atoms with Gasteiger partial charge >= 0.3 is 0 Å². The average molecular weight is 334 g/mol. The van der Waals surface area contributed by atoms with E-state index in [0.717, 1.165) is 24.9 Å². The van der Waals surface area contributed by atoms with E-state index in [4.69, 9.17) is 9.47 Å². The van der Waals surface area contributed by atoms with Crippen LogP contribution < -0.4 is 9.47 Å². The fourth-order valence-electron chi connectivity index (χ4n) is 3.28. The van der Waals surface area contributed by atoms with Gasteiger partial charge in [0.2, 0.25) is 5.91 Å². The molecule has 24 heavy (non-hydrogen) atoms. The quantitative estimate of drug-likeness (QED) is 0.802. The molecule has 1 amide bonds. The minimum absolute atomic E-state index is 0.214. The lowest BCUT2D eigenvalue weighted by Crippen LogP contribution is -2.48. The predicted octanol–water partition coefficient (Wildman–Crippen LogP) is 2.58. The molecule has 1 aliphatic rings. The first-order valence-electron chi connectivity index (χ1n) is 8.63. The number of rotatable bonds is 6. The third-order valence-corrected chi connectivity index (χ3v) is 5.20. The van der Waals surface area contributed by atoms with E-state index in [1.54, 1.807) is 14.2 Å². The number of nitrogens with zero attached hydrogens (tertiary/aromatic N) is 2. The van der Waals surface area contributed by atoms with Crippen molar-refractivity contribution in [2.75, 3.05) is 34.9 Å². The first-order valence-corrected chi connectivity index (χ1v) is 8.63. The van der Waals surface area contributed by atoms with E-state index in [1.807, 2.05) is 30.1 Å². The van der Waals surface area contributed by atoms with Crippen molar-refractivity contribution in [2.45, 2.75) is 44.7 Å². The first kappa shape index (κ1) is 18.6. The van der Waals surface area contributed by atoms with Crippen molar-refractivity contribution in [3.8, 4) is 11.5 Å². The summed E-state index contributed by atoms with van der Waals surface area (Å²) in [6.45, 7) is 3.28. The highest BCUT2D eigenvalue weighted by Gasteiger charge is 2.27. The zero-order valence-electron chi connectivity index (χ0n) is 15.5. The van der Waals surface area contributed by atoms with E-state index < -0.39 is 0 Å². The van der Waals surface area contributed by atoms with Crippen LogP contribution in [-0.4, -0.2) is 62.7 Å². The molecule has 0 aliphatic carbocycles. The summed E-state index contributed by atoms with van der Waals surface area (Å²) in [7, 11) is 7.35. The van der Waals surface area contributed by atoms with E-state index >= 15 is 0 Å². The summed E-state index contributed by atoms with van der Waals surface area (Å²) in [5.41, 5.74) is 1.09. The molecule has 1 saturated heterocycles. The van der Waals surface area contributed by atoms with Gasteiger partial charge in [-0.15, -0.1) is 0 Å². The van der Waals surface area contributed by atoms with Gasteiger partial charge in [-0.05, 0) is 50.9 Å². The molecule has 1 aliphatic heterocycles. The number of methoxy groups -OCH3 is 2. The number of hydrogen-bond acceptors (Lipinski definition) is 4. The summed E-state index contributed by atoms with van der Waals surface area (Å²) in [6, 6.07) is 6.72. The van der Waals surface area contributed by atoms with Gasteiger partial charge in [-0.2, -0.15) is 0 Å². The maximum Gasteiger partial charge on any atom is 0.222 e. The normalized spacial score (nSPS) is 21.4. The Hall–Kier alpha value is -1.75. The van der Waals surface area contributed by atoms with Gasteiger partial charge in [0.1, 0.15) is 0 Å². The highest BCUT2D eigenvalue weighted by molar-refractivity contribution is 5.76. The molecular formula is C19H30N2O3. The Bertz CT molecular complexity index is 562. The SMILES string of the molecule is COc1ccc(CCC(=O)N(C)[C@@H]2CCN(C)[C@H](C)C2)cc1OC. The van der Waals surface area contributed by atoms with Crippen LogP contribution in [0.25, 0.3) is 0 Å². The Kier molecular flexibility index (Phi) is 6.49. The van der Waals surface area contributed by atoms with Gasteiger partial charge in [0.15, 0.2) is 11.5 Å². The highest BCUT2D eigenvalue weighted by atomic mass is 16.5. The molecule has 134 valence electrons. The fraction of sp³-hybridized carbons (Fsp3) is 0.632. The molecule has 1 heterocycles. The van der Waals surface area contributed by atoms with E-state index in [9.17, 15) is 4.79 Å². The second-order valence-electron chi connectivity index (χ2n) is 6.70. The smallest absolute Gasteiger partial charge is 0.222 e. The van der Waals surface area contributed by atoms with Crippen molar-refractivity contribution >= 4 is 5.91 Å². The number of carbonyl (C=O) groups is 1. The molecule has 1 aromatic rings. The largest absolute Gasteiger partial charge is 0.493 e. The fourth-order valence-corrected chi connectivity index (χ4v) is 3.28. The molecule has 5 nitrogen and oxygen atoms in total. The second-order valence-corrected chi connectivity index (χ2v) is 6.70. The zero-order chi connectivity index (χ0) is 17.7. The van der Waals surface area contributed by atoms with E-state index in [2.05, 4.69) is 18.9 Å². The number of likely N-dealkylation sites (tertiary alicyclic amines) is 1. The van der Waals surface area contributed by atoms with Crippen LogP contribution in [0.5, 0.6) is 11.5 Å². The van der Waals surface area contributed by atoms with E-state index in [1.165, 1.54) is 0 Å². The molecule has 0 radical (unpaired) electrons. The van der Waals surface area contributed by atoms with Crippen LogP contribution >= 0.6 is 0 Å². The molecular weight excluding hydrogens is 304 g/mol. The van der Waals surface area contributed by atoms with Crippen LogP contribution in [0.2, 0.25) is 0 Å². The van der Waals surface area contributed by atoms with Crippen LogP contribution in [0.1, 0.15) is 31.7 Å². The minimum atomic E-state index is 0.214. The van der Waals surface area contributed by atoms with Crippen molar-refractivity contribution in [2.24, 2.45) is 0 Å². The summed E-state index contributed by atoms with van der Waals surface area (Å²) in [5.74, 6) is 1.64. The number of aryl methyl sites for hydroxylation is 1. The average Bonchev–Trinajstić information content (AvgIpc) is 2.60. The molecule has 0 N–H and O–H groups in total. The van der Waals surface area contributed by atoms with Crippen LogP contribution in [-0.2, 0) is 11.2 Å². The van der Waals surface area contributed by atoms with Gasteiger partial charge < -0.3 is 19.3 Å². The number of hydrogen-bond donors (Lipinski definition) is 0. The van der Waals surface area contributed by atoms with Crippen LogP contribution in [0.4, 0.5) is 0 Å². The zero-order valence-corrected chi connectivity index (χ0v) is 15.5. The summed E-state index contributed by atoms with van der Waals surface area (Å²) in [6.07, 6.45) is 3.34. The van der Waals surface area contributed by atoms with Crippen LogP contribution in [0.15, 0.2) is 18.2 Å². The molecule has 5 heteroatoms. The molecule has 0 aromatic heterocycles. The summed E-state index contributed by atoms with van der Waals surface area (Å²) in [5, 5.41) is 0. The van der Waals surface area contributed by atoms with Gasteiger partial charge in [0.25, 0.3) is 0 Å². The van der Waals surface area contributed by atoms with Gasteiger partial charge in [-0.1, -0.05) is 6.07 Å². The first-order chi connectivity index (χ1) is 11.5. The third kappa shape index (κ3) is 4.41. The molecule has 0 unspecified atom stereocenters. The maximum absolute atomic E-state index is 12.5. The van der Waals surface area contributed by atoms with Crippen molar-refractivity contribution in [3.63, 3.8) is 0 Å². The summed E-state index contributed by atoms with van der Waals surface area (Å²) >= 11 is 0. The summed E-state index contributed by atoms with van der Waals surface area (Å²) < 4.78 is 10.6. The Balaban J connectivity index is 1.90. The third-order valence-electron chi connectivity index (χ3n) is 5.20. The lowest BCUT2D eigenvalue weighted by Gasteiger charge is -2.39. The molecule has 2 rings (SSSR count). The molecule has 0 saturated carbocycles. The standard InChI is InChI=1S/C19H30N2O3/c1-14-12-16(10-11-20(14)2)21(3)19(22)9-7-15-6-8-17(23-4)18(13-15)24-5/h6,8,13-14,16H,7,9-12H2,1-5H3/t14-,16-/m1/s1. The lowest BCUT2D eigenvalue weighted by molar-refractivity contribution is -0.133. The minimum Gasteiger partial charge on any atom is -0.493 e. The van der Waals surface area contributed by atoms with Crippen LogP contribution in [0.3, 0.4) is 0 Å². The van der Waals surface area contributed by atoms with Crippen molar-refractivity contribution in [3.05, 3.63) is 23.8 Å². The summed E-state index contributed by atoms with van der Waals surface area (Å²) in [4.78, 5) is 16.8. The number of benzene rings is 1. The Labute approximate surface area is 145 Å². The predicted molar refractivity (Wildman–Crippen MR) is 95.8 cm³/mol. The highest BCUT2D eigenvalue weighted by Crippen LogP contribution is 2.28. The number of ether oxygens (including phenoxy) is 2. The Morgan fingerprint density at radius 1 is 1.29 bits per heavy atom. The molecule has 0 spiro atoms. The lowest BCUT2D eigenvalue weighted by atomic mass is 9.97. The van der Waals surface area contributed by atoms with Crippen molar-refractivity contribution in [1.29, 1.82) is 0 Å². The van der Waals surface area contributed by atoms with E-state index in [0.29, 0.717) is 36.4 Å². The monoisotopic (exact) mass is 334 g/mol. The number of piperidine rings is 1. The number of carbonyl (C=O) groups excluding carboxylic acids is 1. The van der Waals surface area contributed by atoms with Gasteiger partial charge in [0, 0.05) is 32.1 Å². The topological polar surface area (TPSA) is 42.0 Å².